The van der Waals surface area contributed by atoms with Crippen LogP contribution in [0.2, 0.25) is 5.02 Å². The van der Waals surface area contributed by atoms with Crippen molar-refractivity contribution in [3.8, 4) is 0 Å². The molecule has 2 heterocycles. The zero-order valence-electron chi connectivity index (χ0n) is 15.6. The summed E-state index contributed by atoms with van der Waals surface area (Å²) in [6.07, 6.45) is 5.00. The Morgan fingerprint density at radius 3 is 2.85 bits per heavy atom. The van der Waals surface area contributed by atoms with Crippen molar-refractivity contribution in [2.24, 2.45) is 0 Å². The highest BCUT2D eigenvalue weighted by molar-refractivity contribution is 6.32. The molecule has 27 heavy (non-hydrogen) atoms. The van der Waals surface area contributed by atoms with Gasteiger partial charge >= 0.3 is 0 Å². The molecule has 2 aliphatic rings. The fourth-order valence-electron chi connectivity index (χ4n) is 3.14. The monoisotopic (exact) mass is 392 g/mol. The van der Waals surface area contributed by atoms with Gasteiger partial charge in [-0.05, 0) is 26.7 Å². The first kappa shape index (κ1) is 19.4. The van der Waals surface area contributed by atoms with Crippen molar-refractivity contribution in [1.29, 1.82) is 5.41 Å². The molecule has 0 saturated heterocycles. The molecule has 9 heteroatoms. The van der Waals surface area contributed by atoms with Crippen LogP contribution in [0.5, 0.6) is 0 Å². The highest BCUT2D eigenvalue weighted by Gasteiger charge is 2.22. The Bertz CT molecular complexity index is 756. The molecule has 1 atom stereocenters. The number of allylic oxidation sites excluding steroid dienone is 1. The molecule has 1 aliphatic carbocycles. The second-order valence-electron chi connectivity index (χ2n) is 6.98. The van der Waals surface area contributed by atoms with Crippen LogP contribution in [-0.2, 0) is 9.53 Å². The van der Waals surface area contributed by atoms with Gasteiger partial charge in [0.2, 0.25) is 11.8 Å². The molecule has 1 aliphatic heterocycles. The van der Waals surface area contributed by atoms with Gasteiger partial charge in [-0.3, -0.25) is 10.2 Å². The third kappa shape index (κ3) is 5.09. The molecule has 1 fully saturated rings. The number of fused-ring (bicyclic) bond motifs is 2. The highest BCUT2D eigenvalue weighted by atomic mass is 35.5. The second-order valence-corrected chi connectivity index (χ2v) is 7.39. The fourth-order valence-corrected chi connectivity index (χ4v) is 3.28. The van der Waals surface area contributed by atoms with Crippen LogP contribution in [0.4, 0.5) is 11.8 Å². The number of hydrogen-bond donors (Lipinski definition) is 4. The van der Waals surface area contributed by atoms with Crippen molar-refractivity contribution < 1.29 is 9.53 Å². The van der Waals surface area contributed by atoms with Crippen molar-refractivity contribution in [3.05, 3.63) is 22.6 Å². The van der Waals surface area contributed by atoms with E-state index in [1.807, 2.05) is 13.8 Å². The molecule has 1 saturated carbocycles. The van der Waals surface area contributed by atoms with Crippen molar-refractivity contribution in [2.75, 3.05) is 17.2 Å². The van der Waals surface area contributed by atoms with Gasteiger partial charge in [-0.15, -0.1) is 0 Å². The predicted octanol–water partition coefficient (Wildman–Crippen LogP) is 3.07. The van der Waals surface area contributed by atoms with E-state index in [4.69, 9.17) is 21.7 Å². The molecular formula is C18H25ClN6O2. The zero-order valence-corrected chi connectivity index (χ0v) is 16.3. The number of Topliss-reactive ketones (excluding diaryl/α,β-unsaturated/α-hetero) is 1. The Hall–Kier alpha value is -2.35. The van der Waals surface area contributed by atoms with Gasteiger partial charge in [0.1, 0.15) is 16.5 Å². The van der Waals surface area contributed by atoms with Crippen molar-refractivity contribution in [2.45, 2.75) is 58.0 Å². The minimum atomic E-state index is 0.0288. The van der Waals surface area contributed by atoms with Crippen LogP contribution in [0, 0.1) is 5.41 Å². The minimum absolute atomic E-state index is 0.0288. The summed E-state index contributed by atoms with van der Waals surface area (Å²) < 4.78 is 5.63. The summed E-state index contributed by atoms with van der Waals surface area (Å²) in [5.74, 6) is 1.22. The van der Waals surface area contributed by atoms with Crippen LogP contribution in [0.15, 0.2) is 17.6 Å². The maximum atomic E-state index is 11.4. The average molecular weight is 393 g/mol. The summed E-state index contributed by atoms with van der Waals surface area (Å²) >= 11 is 6.18. The number of anilines is 2. The Morgan fingerprint density at radius 1 is 1.37 bits per heavy atom. The molecule has 1 aromatic rings. The normalized spacial score (nSPS) is 23.4. The van der Waals surface area contributed by atoms with Gasteiger partial charge in [0.25, 0.3) is 0 Å². The van der Waals surface area contributed by atoms with Gasteiger partial charge in [-0.25, -0.2) is 4.98 Å². The number of nitrogens with one attached hydrogen (secondary N) is 4. The Balaban J connectivity index is 1.85. The van der Waals surface area contributed by atoms with Gasteiger partial charge in [0.05, 0.1) is 12.8 Å². The Morgan fingerprint density at radius 2 is 2.11 bits per heavy atom. The number of ether oxygens (including phenoxy) is 1. The lowest BCUT2D eigenvalue weighted by Gasteiger charge is -2.25. The third-order valence-electron chi connectivity index (χ3n) is 4.73. The van der Waals surface area contributed by atoms with Gasteiger partial charge in [0, 0.05) is 37.0 Å². The van der Waals surface area contributed by atoms with E-state index in [0.29, 0.717) is 54.1 Å². The van der Waals surface area contributed by atoms with Gasteiger partial charge in [0.15, 0.2) is 5.82 Å². The number of ketones is 1. The van der Waals surface area contributed by atoms with Crippen LogP contribution >= 0.6 is 11.6 Å². The van der Waals surface area contributed by atoms with E-state index < -0.39 is 0 Å². The molecule has 3 rings (SSSR count). The highest BCUT2D eigenvalue weighted by Crippen LogP contribution is 2.23. The topological polar surface area (TPSA) is 112 Å². The van der Waals surface area contributed by atoms with Crippen LogP contribution in [-0.4, -0.2) is 40.3 Å². The quantitative estimate of drug-likeness (QED) is 0.611. The van der Waals surface area contributed by atoms with E-state index in [1.54, 1.807) is 0 Å². The molecule has 146 valence electrons. The molecule has 4 N–H and O–H groups in total. The number of rotatable bonds is 2. The lowest BCUT2D eigenvalue weighted by Crippen LogP contribution is -2.34. The molecule has 1 aromatic heterocycles. The number of aromatic nitrogens is 2. The van der Waals surface area contributed by atoms with Gasteiger partial charge in [-0.1, -0.05) is 11.6 Å². The molecule has 1 unspecified atom stereocenters. The minimum Gasteiger partial charge on any atom is -0.476 e. The van der Waals surface area contributed by atoms with E-state index in [9.17, 15) is 4.79 Å². The first-order valence-electron chi connectivity index (χ1n) is 9.19. The molecule has 0 radical (unpaired) electrons. The van der Waals surface area contributed by atoms with Crippen molar-refractivity contribution in [3.63, 3.8) is 0 Å². The van der Waals surface area contributed by atoms with E-state index in [1.165, 1.54) is 6.20 Å². The maximum absolute atomic E-state index is 11.4. The van der Waals surface area contributed by atoms with Gasteiger partial charge in [-0.2, -0.15) is 4.98 Å². The number of hydrogen-bond acceptors (Lipinski definition) is 8. The average Bonchev–Trinajstić information content (AvgIpc) is 2.65. The SMILES string of the molecule is C/C(NC1CCC(=O)CC1)=C1\Nc2ncc(Cl)c(n2)NC(C)CCOC1=N. The fraction of sp³-hybridized carbons (Fsp3) is 0.556. The smallest absolute Gasteiger partial charge is 0.232 e. The van der Waals surface area contributed by atoms with Crippen LogP contribution in [0.3, 0.4) is 0 Å². The lowest BCUT2D eigenvalue weighted by atomic mass is 9.94. The van der Waals surface area contributed by atoms with Gasteiger partial charge < -0.3 is 20.7 Å². The molecule has 2 bridgehead atoms. The standard InChI is InChI=1S/C18H25ClN6O2/c1-10-7-8-27-16(20)15(11(2)23-12-3-5-13(26)6-4-12)24-18-21-9-14(19)17(22-10)25-18/h9-10,12,20,23H,3-8H2,1-2H3,(H2,21,22,24,25)/b15-11+,20-16?. The molecule has 8 nitrogen and oxygen atoms in total. The number of carbonyl (C=O) groups is 1. The van der Waals surface area contributed by atoms with Crippen LogP contribution in [0.1, 0.15) is 46.0 Å². The first-order chi connectivity index (χ1) is 12.9. The van der Waals surface area contributed by atoms with Crippen LogP contribution in [0.25, 0.3) is 0 Å². The molecular weight excluding hydrogens is 368 g/mol. The summed E-state index contributed by atoms with van der Waals surface area (Å²) in [5.41, 5.74) is 1.24. The number of carbonyl (C=O) groups excluding carboxylic acids is 1. The lowest BCUT2D eigenvalue weighted by molar-refractivity contribution is -0.120. The van der Waals surface area contributed by atoms with E-state index in [0.717, 1.165) is 18.5 Å². The number of halogens is 1. The van der Waals surface area contributed by atoms with E-state index in [2.05, 4.69) is 25.9 Å². The van der Waals surface area contributed by atoms with E-state index >= 15 is 0 Å². The Labute approximate surface area is 163 Å². The number of nitrogens with zero attached hydrogens (tertiary/aromatic N) is 2. The van der Waals surface area contributed by atoms with E-state index in [-0.39, 0.29) is 18.0 Å². The summed E-state index contributed by atoms with van der Waals surface area (Å²) in [5, 5.41) is 18.5. The van der Waals surface area contributed by atoms with Crippen molar-refractivity contribution >= 4 is 35.0 Å². The first-order valence-corrected chi connectivity index (χ1v) is 9.57. The largest absolute Gasteiger partial charge is 0.476 e. The second kappa shape index (κ2) is 8.56. The Kier molecular flexibility index (Phi) is 6.15. The third-order valence-corrected chi connectivity index (χ3v) is 5.00. The van der Waals surface area contributed by atoms with Crippen LogP contribution < -0.4 is 16.0 Å². The summed E-state index contributed by atoms with van der Waals surface area (Å²) in [6, 6.07) is 0.286. The molecule has 0 aromatic carbocycles. The summed E-state index contributed by atoms with van der Waals surface area (Å²) in [6.45, 7) is 4.28. The summed E-state index contributed by atoms with van der Waals surface area (Å²) in [4.78, 5) is 20.1. The molecule has 0 spiro atoms. The maximum Gasteiger partial charge on any atom is 0.232 e. The molecule has 0 amide bonds. The predicted molar refractivity (Wildman–Crippen MR) is 105 cm³/mol. The zero-order chi connectivity index (χ0) is 19.4. The van der Waals surface area contributed by atoms with Crippen molar-refractivity contribution in [1.82, 2.24) is 15.3 Å². The summed E-state index contributed by atoms with van der Waals surface area (Å²) in [7, 11) is 0.